The Morgan fingerprint density at radius 1 is 0.897 bits per heavy atom. The highest BCUT2D eigenvalue weighted by molar-refractivity contribution is 5.83. The fourth-order valence-electron chi connectivity index (χ4n) is 11.4. The highest BCUT2D eigenvalue weighted by atomic mass is 16.7. The smallest absolute Gasteiger partial charge is 0.302 e. The van der Waals surface area contributed by atoms with E-state index in [2.05, 4.69) is 54.5 Å². The fourth-order valence-corrected chi connectivity index (χ4v) is 11.4. The Bertz CT molecular complexity index is 1060. The van der Waals surface area contributed by atoms with E-state index in [0.29, 0.717) is 11.8 Å². The van der Waals surface area contributed by atoms with Crippen LogP contribution in [-0.2, 0) is 19.2 Å². The molecule has 5 aliphatic carbocycles. The van der Waals surface area contributed by atoms with Crippen molar-refractivity contribution in [3.05, 3.63) is 11.6 Å². The summed E-state index contributed by atoms with van der Waals surface area (Å²) < 4.78 is 5.91. The summed E-state index contributed by atoms with van der Waals surface area (Å²) >= 11 is 0. The molecule has 0 aromatic carbocycles. The zero-order valence-corrected chi connectivity index (χ0v) is 26.5. The number of rotatable bonds is 3. The third-order valence-corrected chi connectivity index (χ3v) is 13.9. The monoisotopic (exact) mass is 541 g/mol. The molecular formula is C34H55NO4. The fraction of sp³-hybridized carbons (Fsp3) is 0.882. The first-order valence-corrected chi connectivity index (χ1v) is 15.7. The summed E-state index contributed by atoms with van der Waals surface area (Å²) in [5, 5.41) is 1.51. The maximum absolute atomic E-state index is 14.0. The number of ether oxygens (including phenoxy) is 1. The number of fused-ring (bicyclic) bond motifs is 7. The van der Waals surface area contributed by atoms with Crippen molar-refractivity contribution in [3.63, 3.8) is 0 Å². The van der Waals surface area contributed by atoms with Crippen LogP contribution in [-0.4, -0.2) is 37.2 Å². The van der Waals surface area contributed by atoms with Crippen molar-refractivity contribution in [2.24, 2.45) is 50.2 Å². The second kappa shape index (κ2) is 9.07. The Kier molecular flexibility index (Phi) is 6.78. The third-order valence-electron chi connectivity index (χ3n) is 13.9. The lowest BCUT2D eigenvalue weighted by Crippen LogP contribution is -2.65. The molecule has 0 radical (unpaired) electrons. The van der Waals surface area contributed by atoms with E-state index < -0.39 is 0 Å². The zero-order valence-electron chi connectivity index (χ0n) is 26.5. The Hall–Kier alpha value is -1.36. The van der Waals surface area contributed by atoms with Crippen LogP contribution in [0.4, 0.5) is 0 Å². The van der Waals surface area contributed by atoms with E-state index in [0.717, 1.165) is 51.4 Å². The molecule has 0 heterocycles. The van der Waals surface area contributed by atoms with Crippen LogP contribution < -0.4 is 0 Å². The molecule has 1 amide bonds. The number of allylic oxidation sites excluding steroid dienone is 2. The number of carbonyl (C=O) groups excluding carboxylic acids is 2. The third kappa shape index (κ3) is 3.94. The second-order valence-corrected chi connectivity index (χ2v) is 16.3. The van der Waals surface area contributed by atoms with Gasteiger partial charge in [-0.25, -0.2) is 5.06 Å². The van der Waals surface area contributed by atoms with Crippen LogP contribution in [0.1, 0.15) is 120 Å². The minimum absolute atomic E-state index is 0.00580. The summed E-state index contributed by atoms with van der Waals surface area (Å²) in [6.07, 6.45) is 13.4. The molecule has 0 N–H and O–H groups in total. The van der Waals surface area contributed by atoms with Crippen LogP contribution >= 0.6 is 0 Å². The van der Waals surface area contributed by atoms with Gasteiger partial charge >= 0.3 is 5.97 Å². The molecular weight excluding hydrogens is 486 g/mol. The molecule has 0 spiro atoms. The van der Waals surface area contributed by atoms with Crippen molar-refractivity contribution in [1.82, 2.24) is 5.06 Å². The summed E-state index contributed by atoms with van der Waals surface area (Å²) in [6, 6.07) is 0. The van der Waals surface area contributed by atoms with Gasteiger partial charge < -0.3 is 4.74 Å². The zero-order chi connectivity index (χ0) is 28.8. The van der Waals surface area contributed by atoms with Gasteiger partial charge in [-0.3, -0.25) is 14.4 Å². The summed E-state index contributed by atoms with van der Waals surface area (Å²) in [6.45, 7) is 18.8. The van der Waals surface area contributed by atoms with Crippen LogP contribution in [0.3, 0.4) is 0 Å². The lowest BCUT2D eigenvalue weighted by atomic mass is 9.33. The van der Waals surface area contributed by atoms with Crippen molar-refractivity contribution in [2.75, 3.05) is 14.2 Å². The van der Waals surface area contributed by atoms with E-state index in [9.17, 15) is 9.59 Å². The van der Waals surface area contributed by atoms with Crippen LogP contribution in [0, 0.1) is 50.2 Å². The minimum Gasteiger partial charge on any atom is -0.462 e. The Balaban J connectivity index is 1.56. The van der Waals surface area contributed by atoms with Gasteiger partial charge in [-0.15, -0.1) is 0 Å². The lowest BCUT2D eigenvalue weighted by Gasteiger charge is -2.71. The molecule has 220 valence electrons. The molecule has 0 unspecified atom stereocenters. The Morgan fingerprint density at radius 3 is 2.21 bits per heavy atom. The molecule has 0 aromatic heterocycles. The first kappa shape index (κ1) is 29.1. The van der Waals surface area contributed by atoms with Crippen LogP contribution in [0.25, 0.3) is 0 Å². The SMILES string of the molecule is CON(C)C(=O)[C@]12CCC(C)(C)C[C@H]1C1=CC[C@@H]3[C@@]4(C)CC[C@H](OC(C)=O)C(C)(C)[C@@H]4CC[C@@]3(C)[C@]1(C)CC2. The second-order valence-electron chi connectivity index (χ2n) is 16.3. The van der Waals surface area contributed by atoms with E-state index in [1.54, 1.807) is 26.7 Å². The molecule has 5 nitrogen and oxygen atoms in total. The molecule has 5 rings (SSSR count). The van der Waals surface area contributed by atoms with E-state index in [1.165, 1.54) is 17.9 Å². The largest absolute Gasteiger partial charge is 0.462 e. The highest BCUT2D eigenvalue weighted by Crippen LogP contribution is 2.76. The topological polar surface area (TPSA) is 55.8 Å². The molecule has 5 heteroatoms. The van der Waals surface area contributed by atoms with Crippen LogP contribution in [0.2, 0.25) is 0 Å². The number of hydrogen-bond acceptors (Lipinski definition) is 4. The molecule has 4 saturated carbocycles. The molecule has 5 aliphatic rings. The Labute approximate surface area is 237 Å². The van der Waals surface area contributed by atoms with Crippen molar-refractivity contribution in [1.29, 1.82) is 0 Å². The van der Waals surface area contributed by atoms with Gasteiger partial charge in [0.05, 0.1) is 12.5 Å². The predicted octanol–water partition coefficient (Wildman–Crippen LogP) is 7.74. The highest BCUT2D eigenvalue weighted by Gasteiger charge is 2.69. The number of nitrogens with zero attached hydrogens (tertiary/aromatic N) is 1. The van der Waals surface area contributed by atoms with E-state index in [-0.39, 0.29) is 56.4 Å². The van der Waals surface area contributed by atoms with Gasteiger partial charge in [-0.05, 0) is 104 Å². The van der Waals surface area contributed by atoms with Gasteiger partial charge in [-0.1, -0.05) is 60.1 Å². The van der Waals surface area contributed by atoms with Gasteiger partial charge in [0.2, 0.25) is 0 Å². The van der Waals surface area contributed by atoms with Crippen molar-refractivity contribution in [3.8, 4) is 0 Å². The molecule has 0 aliphatic heterocycles. The summed E-state index contributed by atoms with van der Waals surface area (Å²) in [5.74, 6) is 1.45. The summed E-state index contributed by atoms with van der Waals surface area (Å²) in [7, 11) is 3.41. The number of hydrogen-bond donors (Lipinski definition) is 0. The van der Waals surface area contributed by atoms with Crippen LogP contribution in [0.5, 0.6) is 0 Å². The van der Waals surface area contributed by atoms with Crippen molar-refractivity contribution >= 4 is 11.9 Å². The molecule has 39 heavy (non-hydrogen) atoms. The van der Waals surface area contributed by atoms with E-state index >= 15 is 0 Å². The average molecular weight is 542 g/mol. The number of carbonyl (C=O) groups is 2. The van der Waals surface area contributed by atoms with Crippen LogP contribution in [0.15, 0.2) is 11.6 Å². The quantitative estimate of drug-likeness (QED) is 0.208. The van der Waals surface area contributed by atoms with E-state index in [4.69, 9.17) is 9.57 Å². The summed E-state index contributed by atoms with van der Waals surface area (Å²) in [4.78, 5) is 31.4. The number of esters is 1. The predicted molar refractivity (Wildman–Crippen MR) is 154 cm³/mol. The summed E-state index contributed by atoms with van der Waals surface area (Å²) in [5.41, 5.74) is 1.94. The maximum Gasteiger partial charge on any atom is 0.302 e. The average Bonchev–Trinajstić information content (AvgIpc) is 2.85. The lowest BCUT2D eigenvalue weighted by molar-refractivity contribution is -0.216. The standard InChI is InChI=1S/C34H55NO4/c1-22(36)39-27-14-15-31(6)25(30(27,4)5)13-16-33(8)26(31)12-11-23-24-21-29(2,3)17-19-34(24,20-18-32(23,33)7)28(37)35(9)38-10/h11,24-27H,12-21H2,1-10H3/t24-,25-,26+,27-,31-,32+,33+,34-/m0/s1. The molecule has 0 aromatic rings. The molecule has 8 atom stereocenters. The van der Waals surface area contributed by atoms with Crippen molar-refractivity contribution in [2.45, 2.75) is 126 Å². The van der Waals surface area contributed by atoms with Gasteiger partial charge in [0.15, 0.2) is 0 Å². The number of hydroxylamine groups is 2. The molecule has 4 fully saturated rings. The van der Waals surface area contributed by atoms with Gasteiger partial charge in [-0.2, -0.15) is 0 Å². The molecule has 0 bridgehead atoms. The van der Waals surface area contributed by atoms with Gasteiger partial charge in [0.25, 0.3) is 5.91 Å². The number of amides is 1. The van der Waals surface area contributed by atoms with Crippen molar-refractivity contribution < 1.29 is 19.2 Å². The first-order chi connectivity index (χ1) is 18.0. The van der Waals surface area contributed by atoms with E-state index in [1.807, 2.05) is 0 Å². The molecule has 0 saturated heterocycles. The van der Waals surface area contributed by atoms with Gasteiger partial charge in [0, 0.05) is 19.4 Å². The Morgan fingerprint density at radius 2 is 1.56 bits per heavy atom. The normalized spacial score (nSPS) is 45.9. The maximum atomic E-state index is 14.0. The minimum atomic E-state index is -0.347. The van der Waals surface area contributed by atoms with Gasteiger partial charge in [0.1, 0.15) is 6.10 Å². The first-order valence-electron chi connectivity index (χ1n) is 15.7.